The van der Waals surface area contributed by atoms with Crippen LogP contribution in [0.5, 0.6) is 5.75 Å². The van der Waals surface area contributed by atoms with Crippen molar-refractivity contribution in [3.05, 3.63) is 81.9 Å². The van der Waals surface area contributed by atoms with Crippen molar-refractivity contribution in [1.82, 2.24) is 4.90 Å². The van der Waals surface area contributed by atoms with E-state index < -0.39 is 0 Å². The maximum atomic E-state index is 10.7. The zero-order chi connectivity index (χ0) is 16.2. The highest BCUT2D eigenvalue weighted by Gasteiger charge is 2.23. The molecule has 0 atom stereocenters. The van der Waals surface area contributed by atoms with Crippen molar-refractivity contribution >= 4 is 17.5 Å². The van der Waals surface area contributed by atoms with E-state index in [-0.39, 0.29) is 0 Å². The molecule has 0 bridgehead atoms. The van der Waals surface area contributed by atoms with Crippen LogP contribution in [0.25, 0.3) is 5.76 Å². The molecule has 4 heteroatoms. The van der Waals surface area contributed by atoms with Crippen LogP contribution >= 0.6 is 11.8 Å². The van der Waals surface area contributed by atoms with E-state index in [4.69, 9.17) is 4.74 Å². The van der Waals surface area contributed by atoms with Crippen LogP contribution in [0.4, 0.5) is 0 Å². The summed E-state index contributed by atoms with van der Waals surface area (Å²) in [5, 5.41) is 13.6. The number of benzene rings is 2. The van der Waals surface area contributed by atoms with E-state index in [1.54, 1.807) is 18.9 Å². The van der Waals surface area contributed by atoms with Gasteiger partial charge in [0.1, 0.15) is 10.8 Å². The zero-order valence-corrected chi connectivity index (χ0v) is 14.0. The minimum Gasteiger partial charge on any atom is -0.505 e. The third-order valence-electron chi connectivity index (χ3n) is 3.76. The summed E-state index contributed by atoms with van der Waals surface area (Å²) in [5.41, 5.74) is 3.13. The van der Waals surface area contributed by atoms with Crippen LogP contribution < -0.4 is 4.74 Å². The second-order valence-corrected chi connectivity index (χ2v) is 6.19. The van der Waals surface area contributed by atoms with Gasteiger partial charge in [0.2, 0.25) is 0 Å². The summed E-state index contributed by atoms with van der Waals surface area (Å²) in [7, 11) is 1.63. The zero-order valence-electron chi connectivity index (χ0n) is 13.2. The van der Waals surface area contributed by atoms with Gasteiger partial charge >= 0.3 is 0 Å². The summed E-state index contributed by atoms with van der Waals surface area (Å²) in [6, 6.07) is 17.7. The van der Waals surface area contributed by atoms with Gasteiger partial charge in [-0.1, -0.05) is 42.1 Å². The van der Waals surface area contributed by atoms with Gasteiger partial charge in [-0.2, -0.15) is 0 Å². The summed E-state index contributed by atoms with van der Waals surface area (Å²) < 4.78 is 5.17. The van der Waals surface area contributed by atoms with Crippen LogP contribution in [-0.2, 0) is 6.54 Å². The molecule has 3 rings (SSSR count). The predicted molar refractivity (Wildman–Crippen MR) is 95.9 cm³/mol. The molecule has 118 valence electrons. The fourth-order valence-corrected chi connectivity index (χ4v) is 3.42. The predicted octanol–water partition coefficient (Wildman–Crippen LogP) is 4.99. The van der Waals surface area contributed by atoms with Gasteiger partial charge in [0.05, 0.1) is 7.11 Å². The van der Waals surface area contributed by atoms with Gasteiger partial charge in [-0.05, 0) is 42.2 Å². The summed E-state index contributed by atoms with van der Waals surface area (Å²) >= 11 is 1.55. The molecule has 23 heavy (non-hydrogen) atoms. The molecule has 0 radical (unpaired) electrons. The molecule has 0 fully saturated rings. The average molecular weight is 325 g/mol. The highest BCUT2D eigenvalue weighted by Crippen LogP contribution is 2.39. The molecule has 0 aliphatic carbocycles. The minimum atomic E-state index is 0.293. The number of aliphatic hydroxyl groups is 1. The Kier molecular flexibility index (Phi) is 4.63. The van der Waals surface area contributed by atoms with Crippen LogP contribution in [0.2, 0.25) is 0 Å². The lowest BCUT2D eigenvalue weighted by Crippen LogP contribution is -2.16. The Hall–Kier alpha value is -2.33. The van der Waals surface area contributed by atoms with Gasteiger partial charge in [0.25, 0.3) is 0 Å². The fourth-order valence-electron chi connectivity index (χ4n) is 2.45. The van der Waals surface area contributed by atoms with Crippen LogP contribution in [0.3, 0.4) is 0 Å². The lowest BCUT2D eigenvalue weighted by atomic mass is 10.1. The normalized spacial score (nSPS) is 16.3. The van der Waals surface area contributed by atoms with Crippen LogP contribution in [0.1, 0.15) is 18.1 Å². The first kappa shape index (κ1) is 15.6. The Morgan fingerprint density at radius 2 is 1.78 bits per heavy atom. The number of rotatable bonds is 4. The Bertz CT molecular complexity index is 736. The molecule has 0 aromatic heterocycles. The van der Waals surface area contributed by atoms with Crippen molar-refractivity contribution < 1.29 is 9.84 Å². The number of ether oxygens (including phenoxy) is 1. The van der Waals surface area contributed by atoms with E-state index in [1.165, 1.54) is 5.56 Å². The SMILES string of the molecule is COc1ccc(/C(O)=C2\SC=C(C)N2Cc2ccccc2)cc1. The molecule has 1 N–H and O–H groups in total. The summed E-state index contributed by atoms with van der Waals surface area (Å²) in [4.78, 5) is 2.14. The monoisotopic (exact) mass is 325 g/mol. The molecule has 1 heterocycles. The summed E-state index contributed by atoms with van der Waals surface area (Å²) in [6.45, 7) is 2.80. The van der Waals surface area contributed by atoms with Crippen LogP contribution in [0.15, 0.2) is 70.7 Å². The molecule has 0 unspecified atom stereocenters. The highest BCUT2D eigenvalue weighted by atomic mass is 32.2. The number of allylic oxidation sites excluding steroid dienone is 1. The molecule has 1 aliphatic heterocycles. The Balaban J connectivity index is 1.89. The number of methoxy groups -OCH3 is 1. The van der Waals surface area contributed by atoms with Crippen molar-refractivity contribution in [1.29, 1.82) is 0 Å². The number of nitrogens with zero attached hydrogens (tertiary/aromatic N) is 1. The third-order valence-corrected chi connectivity index (χ3v) is 4.86. The second kappa shape index (κ2) is 6.84. The fraction of sp³-hybridized carbons (Fsp3) is 0.158. The Morgan fingerprint density at radius 1 is 1.09 bits per heavy atom. The van der Waals surface area contributed by atoms with E-state index in [9.17, 15) is 5.11 Å². The maximum absolute atomic E-state index is 10.7. The molecule has 0 saturated heterocycles. The van der Waals surface area contributed by atoms with E-state index in [0.717, 1.165) is 28.6 Å². The largest absolute Gasteiger partial charge is 0.505 e. The lowest BCUT2D eigenvalue weighted by molar-refractivity contribution is 0.414. The standard InChI is InChI=1S/C19H19NO2S/c1-14-13-23-19(20(14)12-15-6-4-3-5-7-15)18(21)16-8-10-17(22-2)11-9-16/h3-11,13,21H,12H2,1-2H3/b19-18+. The van der Waals surface area contributed by atoms with E-state index in [0.29, 0.717) is 5.76 Å². The van der Waals surface area contributed by atoms with E-state index in [1.807, 2.05) is 42.5 Å². The van der Waals surface area contributed by atoms with Crippen molar-refractivity contribution in [2.24, 2.45) is 0 Å². The molecule has 0 saturated carbocycles. The van der Waals surface area contributed by atoms with Crippen LogP contribution in [0, 0.1) is 0 Å². The number of hydrogen-bond donors (Lipinski definition) is 1. The second-order valence-electron chi connectivity index (χ2n) is 5.33. The first-order valence-electron chi connectivity index (χ1n) is 7.41. The first-order valence-corrected chi connectivity index (χ1v) is 8.29. The van der Waals surface area contributed by atoms with Crippen molar-refractivity contribution in [2.75, 3.05) is 7.11 Å². The Labute approximate surface area is 140 Å². The molecular formula is C19H19NO2S. The summed E-state index contributed by atoms with van der Waals surface area (Å²) in [5.74, 6) is 1.07. The lowest BCUT2D eigenvalue weighted by Gasteiger charge is -2.22. The van der Waals surface area contributed by atoms with Gasteiger partial charge in [-0.25, -0.2) is 0 Å². The molecule has 1 aliphatic rings. The number of hydrogen-bond acceptors (Lipinski definition) is 4. The first-order chi connectivity index (χ1) is 11.2. The molecule has 3 nitrogen and oxygen atoms in total. The van der Waals surface area contributed by atoms with Crippen LogP contribution in [-0.4, -0.2) is 17.1 Å². The topological polar surface area (TPSA) is 32.7 Å². The highest BCUT2D eigenvalue weighted by molar-refractivity contribution is 8.06. The summed E-state index contributed by atoms with van der Waals surface area (Å²) in [6.07, 6.45) is 0. The maximum Gasteiger partial charge on any atom is 0.153 e. The molecule has 0 amide bonds. The van der Waals surface area contributed by atoms with Gasteiger partial charge in [-0.15, -0.1) is 0 Å². The Morgan fingerprint density at radius 3 is 2.43 bits per heavy atom. The van der Waals surface area contributed by atoms with Crippen molar-refractivity contribution in [2.45, 2.75) is 13.5 Å². The number of aliphatic hydroxyl groups excluding tert-OH is 1. The van der Waals surface area contributed by atoms with Crippen molar-refractivity contribution in [3.8, 4) is 5.75 Å². The van der Waals surface area contributed by atoms with Gasteiger partial charge in [0.15, 0.2) is 5.76 Å². The van der Waals surface area contributed by atoms with Gasteiger partial charge < -0.3 is 14.7 Å². The van der Waals surface area contributed by atoms with Crippen molar-refractivity contribution in [3.63, 3.8) is 0 Å². The molecular weight excluding hydrogens is 306 g/mol. The number of thioether (sulfide) groups is 1. The van der Waals surface area contributed by atoms with Gasteiger partial charge in [-0.3, -0.25) is 0 Å². The smallest absolute Gasteiger partial charge is 0.153 e. The quantitative estimate of drug-likeness (QED) is 0.803. The van der Waals surface area contributed by atoms with E-state index >= 15 is 0 Å². The van der Waals surface area contributed by atoms with E-state index in [2.05, 4.69) is 29.4 Å². The third kappa shape index (κ3) is 3.37. The molecule has 2 aromatic rings. The van der Waals surface area contributed by atoms with Gasteiger partial charge in [0, 0.05) is 17.8 Å². The average Bonchev–Trinajstić information content (AvgIpc) is 2.96. The minimum absolute atomic E-state index is 0.293. The molecule has 0 spiro atoms. The molecule has 2 aromatic carbocycles.